The van der Waals surface area contributed by atoms with E-state index in [1.54, 1.807) is 25.2 Å². The van der Waals surface area contributed by atoms with Crippen LogP contribution in [0.1, 0.15) is 46.5 Å². The Hall–Kier alpha value is -2.30. The van der Waals surface area contributed by atoms with Crippen LogP contribution in [0, 0.1) is 10.8 Å². The Morgan fingerprint density at radius 2 is 2.13 bits per heavy atom. The van der Waals surface area contributed by atoms with Crippen LogP contribution in [0.2, 0.25) is 0 Å². The maximum atomic E-state index is 12.9. The summed E-state index contributed by atoms with van der Waals surface area (Å²) in [5.74, 6) is -0.827. The second-order valence-electron chi connectivity index (χ2n) is 11.4. The molecule has 3 heterocycles. The van der Waals surface area contributed by atoms with Crippen molar-refractivity contribution in [1.29, 1.82) is 0 Å². The van der Waals surface area contributed by atoms with Gasteiger partial charge in [0.1, 0.15) is 24.4 Å². The van der Waals surface area contributed by atoms with Gasteiger partial charge in [0.15, 0.2) is 0 Å². The minimum Gasteiger partial charge on any atom is -0.458 e. The molecule has 208 valence electrons. The molecule has 3 fully saturated rings. The SMILES string of the molecule is CC1=C[C@H]2OC3C[C@@H](OC(=O)/C=C\C=C\C(OCCC4=CC(=O)OC4)C(C)O)[C@@](C)(C34CO4)[C@@]2(CO)CC1. The van der Waals surface area contributed by atoms with Crippen LogP contribution in [0.5, 0.6) is 0 Å². The predicted octanol–water partition coefficient (Wildman–Crippen LogP) is 2.32. The Labute approximate surface area is 223 Å². The van der Waals surface area contributed by atoms with Gasteiger partial charge >= 0.3 is 11.9 Å². The van der Waals surface area contributed by atoms with E-state index >= 15 is 0 Å². The number of carbonyl (C=O) groups excluding carboxylic acids is 2. The molecule has 0 aromatic rings. The Bertz CT molecular complexity index is 1070. The van der Waals surface area contributed by atoms with Crippen LogP contribution in [0.4, 0.5) is 0 Å². The Balaban J connectivity index is 1.21. The molecule has 0 radical (unpaired) electrons. The van der Waals surface area contributed by atoms with E-state index in [2.05, 4.69) is 19.9 Å². The predicted molar refractivity (Wildman–Crippen MR) is 136 cm³/mol. The summed E-state index contributed by atoms with van der Waals surface area (Å²) in [4.78, 5) is 24.0. The molecule has 38 heavy (non-hydrogen) atoms. The maximum Gasteiger partial charge on any atom is 0.331 e. The number of rotatable bonds is 10. The normalized spacial score (nSPS) is 39.2. The van der Waals surface area contributed by atoms with E-state index in [0.29, 0.717) is 26.1 Å². The molecule has 2 aliphatic carbocycles. The van der Waals surface area contributed by atoms with Crippen molar-refractivity contribution >= 4 is 11.9 Å². The number of esters is 2. The molecule has 9 heteroatoms. The largest absolute Gasteiger partial charge is 0.458 e. The lowest BCUT2D eigenvalue weighted by Gasteiger charge is -2.58. The number of allylic oxidation sites excluding steroid dienone is 3. The third kappa shape index (κ3) is 4.48. The number of fused-ring (bicyclic) bond motifs is 2. The van der Waals surface area contributed by atoms with Crippen LogP contribution in [0.25, 0.3) is 0 Å². The van der Waals surface area contributed by atoms with Gasteiger partial charge in [0.05, 0.1) is 38.1 Å². The van der Waals surface area contributed by atoms with Crippen LogP contribution < -0.4 is 0 Å². The van der Waals surface area contributed by atoms with Gasteiger partial charge in [-0.2, -0.15) is 0 Å². The molecular weight excluding hydrogens is 492 g/mol. The molecule has 2 saturated heterocycles. The van der Waals surface area contributed by atoms with Gasteiger partial charge in [-0.25, -0.2) is 9.59 Å². The number of hydrogen-bond acceptors (Lipinski definition) is 9. The van der Waals surface area contributed by atoms with Gasteiger partial charge in [-0.15, -0.1) is 0 Å². The molecule has 2 bridgehead atoms. The summed E-state index contributed by atoms with van der Waals surface area (Å²) in [7, 11) is 0. The third-order valence-electron chi connectivity index (χ3n) is 9.33. The lowest BCUT2D eigenvalue weighted by Crippen LogP contribution is -2.66. The van der Waals surface area contributed by atoms with E-state index in [0.717, 1.165) is 18.4 Å². The van der Waals surface area contributed by atoms with Gasteiger partial charge in [-0.3, -0.25) is 0 Å². The van der Waals surface area contributed by atoms with Gasteiger partial charge in [-0.05, 0) is 38.7 Å². The molecule has 1 saturated carbocycles. The molecular formula is C29H38O9. The van der Waals surface area contributed by atoms with E-state index in [1.165, 1.54) is 17.7 Å². The van der Waals surface area contributed by atoms with Gasteiger partial charge in [-0.1, -0.05) is 36.8 Å². The first-order chi connectivity index (χ1) is 18.1. The summed E-state index contributed by atoms with van der Waals surface area (Å²) in [5, 5.41) is 20.7. The van der Waals surface area contributed by atoms with Crippen molar-refractivity contribution in [2.75, 3.05) is 26.4 Å². The summed E-state index contributed by atoms with van der Waals surface area (Å²) in [6.45, 7) is 6.87. The minimum absolute atomic E-state index is 0.0657. The van der Waals surface area contributed by atoms with Crippen molar-refractivity contribution in [1.82, 2.24) is 0 Å². The van der Waals surface area contributed by atoms with Crippen LogP contribution >= 0.6 is 0 Å². The zero-order chi connectivity index (χ0) is 27.1. The number of aliphatic hydroxyl groups is 2. The van der Waals surface area contributed by atoms with Gasteiger partial charge < -0.3 is 33.9 Å². The summed E-state index contributed by atoms with van der Waals surface area (Å²) in [5.41, 5.74) is 0.413. The van der Waals surface area contributed by atoms with Crippen LogP contribution in [-0.2, 0) is 33.3 Å². The number of ether oxygens (including phenoxy) is 5. The molecule has 3 aliphatic heterocycles. The fraction of sp³-hybridized carbons (Fsp3) is 0.655. The average Bonchev–Trinajstić information content (AvgIpc) is 3.55. The van der Waals surface area contributed by atoms with E-state index in [-0.39, 0.29) is 31.4 Å². The fourth-order valence-electron chi connectivity index (χ4n) is 6.89. The number of epoxide rings is 1. The summed E-state index contributed by atoms with van der Waals surface area (Å²) in [6, 6.07) is 0. The highest BCUT2D eigenvalue weighted by molar-refractivity contribution is 5.85. The van der Waals surface area contributed by atoms with Crippen molar-refractivity contribution in [3.63, 3.8) is 0 Å². The van der Waals surface area contributed by atoms with Crippen LogP contribution in [0.15, 0.2) is 47.6 Å². The van der Waals surface area contributed by atoms with Crippen molar-refractivity contribution in [2.45, 2.75) is 82.6 Å². The minimum atomic E-state index is -0.759. The number of cyclic esters (lactones) is 1. The van der Waals surface area contributed by atoms with Crippen molar-refractivity contribution in [3.05, 3.63) is 47.6 Å². The first kappa shape index (κ1) is 27.3. The molecule has 2 N–H and O–H groups in total. The fourth-order valence-corrected chi connectivity index (χ4v) is 6.89. The molecule has 9 nitrogen and oxygen atoms in total. The van der Waals surface area contributed by atoms with Gasteiger partial charge in [0.25, 0.3) is 0 Å². The number of hydrogen-bond donors (Lipinski definition) is 2. The quantitative estimate of drug-likeness (QED) is 0.144. The first-order valence-corrected chi connectivity index (χ1v) is 13.4. The maximum absolute atomic E-state index is 12.9. The Kier molecular flexibility index (Phi) is 7.43. The first-order valence-electron chi connectivity index (χ1n) is 13.4. The molecule has 0 aromatic heterocycles. The van der Waals surface area contributed by atoms with Crippen LogP contribution in [-0.4, -0.2) is 84.7 Å². The van der Waals surface area contributed by atoms with E-state index in [9.17, 15) is 19.8 Å². The number of aliphatic hydroxyl groups excluding tert-OH is 2. The second-order valence-corrected chi connectivity index (χ2v) is 11.4. The molecule has 0 aromatic carbocycles. The highest BCUT2D eigenvalue weighted by Crippen LogP contribution is 2.71. The smallest absolute Gasteiger partial charge is 0.331 e. The topological polar surface area (TPSA) is 124 Å². The number of carbonyl (C=O) groups is 2. The molecule has 0 amide bonds. The molecule has 5 rings (SSSR count). The van der Waals surface area contributed by atoms with Crippen molar-refractivity contribution in [2.24, 2.45) is 10.8 Å². The molecule has 8 atom stereocenters. The third-order valence-corrected chi connectivity index (χ3v) is 9.33. The van der Waals surface area contributed by atoms with Gasteiger partial charge in [0, 0.05) is 29.4 Å². The monoisotopic (exact) mass is 530 g/mol. The summed E-state index contributed by atoms with van der Waals surface area (Å²) >= 11 is 0. The molecule has 4 unspecified atom stereocenters. The Morgan fingerprint density at radius 1 is 1.34 bits per heavy atom. The van der Waals surface area contributed by atoms with E-state index < -0.39 is 40.7 Å². The average molecular weight is 531 g/mol. The van der Waals surface area contributed by atoms with E-state index in [4.69, 9.17) is 23.7 Å². The lowest BCUT2D eigenvalue weighted by molar-refractivity contribution is -0.228. The second kappa shape index (κ2) is 10.4. The van der Waals surface area contributed by atoms with Crippen molar-refractivity contribution < 1.29 is 43.5 Å². The zero-order valence-electron chi connectivity index (χ0n) is 22.3. The lowest BCUT2D eigenvalue weighted by atomic mass is 9.51. The van der Waals surface area contributed by atoms with Crippen LogP contribution in [0.3, 0.4) is 0 Å². The summed E-state index contributed by atoms with van der Waals surface area (Å²) in [6.07, 6.45) is 10.3. The van der Waals surface area contributed by atoms with Crippen molar-refractivity contribution in [3.8, 4) is 0 Å². The molecule has 1 spiro atoms. The zero-order valence-corrected chi connectivity index (χ0v) is 22.3. The van der Waals surface area contributed by atoms with E-state index in [1.807, 2.05) is 0 Å². The Morgan fingerprint density at radius 3 is 2.79 bits per heavy atom. The summed E-state index contributed by atoms with van der Waals surface area (Å²) < 4.78 is 29.1. The highest BCUT2D eigenvalue weighted by Gasteiger charge is 2.82. The highest BCUT2D eigenvalue weighted by atomic mass is 16.6. The molecule has 5 aliphatic rings. The standard InChI is InChI=1S/C29H38O9/c1-18-8-10-28(16-30)23(12-18)37-24-14-22(27(28,3)29(24)17-36-29)38-25(32)7-5-4-6-21(19(2)31)34-11-9-20-13-26(33)35-15-20/h4-7,12-13,19,21-24,30-31H,8-11,14-17H2,1-3H3/b6-4+,7-5-/t19?,21?,22-,23-,24?,27-,28-,29?/m1/s1. The van der Waals surface area contributed by atoms with Gasteiger partial charge in [0.2, 0.25) is 0 Å².